The average Bonchev–Trinajstić information content (AvgIpc) is 1.88. The van der Waals surface area contributed by atoms with Crippen molar-refractivity contribution in [1.29, 1.82) is 0 Å². The van der Waals surface area contributed by atoms with Crippen molar-refractivity contribution in [3.8, 4) is 0 Å². The molecule has 56 valence electrons. The zero-order valence-corrected chi connectivity index (χ0v) is 7.02. The third kappa shape index (κ3) is 2.09. The van der Waals surface area contributed by atoms with E-state index in [9.17, 15) is 0 Å². The summed E-state index contributed by atoms with van der Waals surface area (Å²) in [6.07, 6.45) is 3.66. The highest BCUT2D eigenvalue weighted by Gasteiger charge is 1.95. The highest BCUT2D eigenvalue weighted by atomic mass is 15.1. The van der Waals surface area contributed by atoms with Crippen LogP contribution in [0.4, 0.5) is 0 Å². The normalized spacial score (nSPS) is 11.9. The van der Waals surface area contributed by atoms with Crippen molar-refractivity contribution in [3.63, 3.8) is 0 Å². The van der Waals surface area contributed by atoms with Gasteiger partial charge in [-0.05, 0) is 18.6 Å². The predicted octanol–water partition coefficient (Wildman–Crippen LogP) is 2.19. The smallest absolute Gasteiger partial charge is 0.0384 e. The molecule has 0 aliphatic carbocycles. The maximum Gasteiger partial charge on any atom is 0.0384 e. The molecule has 0 aromatic heterocycles. The van der Waals surface area contributed by atoms with Crippen LogP contribution in [0.3, 0.4) is 0 Å². The van der Waals surface area contributed by atoms with E-state index in [0.717, 1.165) is 11.3 Å². The van der Waals surface area contributed by atoms with Crippen molar-refractivity contribution in [2.24, 2.45) is 0 Å². The third-order valence-corrected chi connectivity index (χ3v) is 1.39. The molecule has 0 aromatic rings. The standard InChI is InChI=1S/C9H15N/c1-6-8(3)9(7-2)10(4)5/h6-7H,1-2H2,3-5H3. The summed E-state index contributed by atoms with van der Waals surface area (Å²) in [5.74, 6) is 0. The Morgan fingerprint density at radius 1 is 1.20 bits per heavy atom. The summed E-state index contributed by atoms with van der Waals surface area (Å²) in [5.41, 5.74) is 2.27. The molecule has 0 rings (SSSR count). The van der Waals surface area contributed by atoms with Crippen LogP contribution in [0.2, 0.25) is 0 Å². The van der Waals surface area contributed by atoms with Crippen LogP contribution in [0.5, 0.6) is 0 Å². The molecule has 0 N–H and O–H groups in total. The fourth-order valence-electron chi connectivity index (χ4n) is 0.801. The van der Waals surface area contributed by atoms with Gasteiger partial charge < -0.3 is 4.90 Å². The van der Waals surface area contributed by atoms with E-state index < -0.39 is 0 Å². The molecule has 0 unspecified atom stereocenters. The average molecular weight is 137 g/mol. The zero-order valence-electron chi connectivity index (χ0n) is 7.02. The molecular formula is C9H15N. The van der Waals surface area contributed by atoms with Crippen LogP contribution >= 0.6 is 0 Å². The molecule has 0 spiro atoms. The lowest BCUT2D eigenvalue weighted by atomic mass is 10.2. The molecule has 1 heteroatoms. The van der Waals surface area contributed by atoms with Crippen molar-refractivity contribution >= 4 is 0 Å². The molecule has 0 radical (unpaired) electrons. The first-order chi connectivity index (χ1) is 4.63. The van der Waals surface area contributed by atoms with Crippen molar-refractivity contribution in [2.45, 2.75) is 6.92 Å². The van der Waals surface area contributed by atoms with Crippen molar-refractivity contribution in [1.82, 2.24) is 4.90 Å². The summed E-state index contributed by atoms with van der Waals surface area (Å²) < 4.78 is 0. The minimum Gasteiger partial charge on any atom is -0.377 e. The van der Waals surface area contributed by atoms with Gasteiger partial charge in [0.2, 0.25) is 0 Å². The van der Waals surface area contributed by atoms with Gasteiger partial charge in [-0.25, -0.2) is 0 Å². The summed E-state index contributed by atoms with van der Waals surface area (Å²) in [4.78, 5) is 2.02. The molecule has 0 saturated heterocycles. The van der Waals surface area contributed by atoms with Gasteiger partial charge in [0.25, 0.3) is 0 Å². The molecule has 10 heavy (non-hydrogen) atoms. The second kappa shape index (κ2) is 3.94. The van der Waals surface area contributed by atoms with E-state index in [2.05, 4.69) is 13.2 Å². The Morgan fingerprint density at radius 2 is 1.70 bits per heavy atom. The van der Waals surface area contributed by atoms with Crippen molar-refractivity contribution in [3.05, 3.63) is 36.6 Å². The Balaban J connectivity index is 4.61. The number of hydrogen-bond donors (Lipinski definition) is 0. The van der Waals surface area contributed by atoms with Crippen molar-refractivity contribution < 1.29 is 0 Å². The summed E-state index contributed by atoms with van der Waals surface area (Å²) in [5, 5.41) is 0. The van der Waals surface area contributed by atoms with Crippen LogP contribution in [-0.2, 0) is 0 Å². The first-order valence-electron chi connectivity index (χ1n) is 3.26. The van der Waals surface area contributed by atoms with E-state index >= 15 is 0 Å². The molecular weight excluding hydrogens is 122 g/mol. The summed E-state index contributed by atoms with van der Waals surface area (Å²) in [7, 11) is 3.98. The molecule has 0 atom stereocenters. The monoisotopic (exact) mass is 137 g/mol. The number of allylic oxidation sites excluding steroid dienone is 3. The Hall–Kier alpha value is -0.980. The molecule has 0 saturated carbocycles. The van der Waals surface area contributed by atoms with Crippen LogP contribution in [-0.4, -0.2) is 19.0 Å². The van der Waals surface area contributed by atoms with E-state index in [1.807, 2.05) is 38.1 Å². The number of rotatable bonds is 3. The molecule has 0 aromatic carbocycles. The van der Waals surface area contributed by atoms with Gasteiger partial charge in [0.1, 0.15) is 0 Å². The Labute approximate surface area is 63.3 Å². The van der Waals surface area contributed by atoms with Crippen LogP contribution in [0.1, 0.15) is 6.92 Å². The Kier molecular flexibility index (Phi) is 3.55. The number of likely N-dealkylation sites (N-methyl/N-ethyl adjacent to an activating group) is 1. The first-order valence-corrected chi connectivity index (χ1v) is 3.26. The molecule has 0 fully saturated rings. The fourth-order valence-corrected chi connectivity index (χ4v) is 0.801. The zero-order chi connectivity index (χ0) is 8.15. The lowest BCUT2D eigenvalue weighted by molar-refractivity contribution is 0.525. The molecule has 0 aliphatic rings. The number of hydrogen-bond acceptors (Lipinski definition) is 1. The van der Waals surface area contributed by atoms with Gasteiger partial charge in [0.15, 0.2) is 0 Å². The van der Waals surface area contributed by atoms with Gasteiger partial charge in [-0.1, -0.05) is 19.2 Å². The largest absolute Gasteiger partial charge is 0.377 e. The van der Waals surface area contributed by atoms with E-state index in [4.69, 9.17) is 0 Å². The van der Waals surface area contributed by atoms with Gasteiger partial charge >= 0.3 is 0 Å². The minimum atomic E-state index is 1.12. The highest BCUT2D eigenvalue weighted by molar-refractivity contribution is 5.27. The van der Waals surface area contributed by atoms with Crippen LogP contribution in [0.25, 0.3) is 0 Å². The minimum absolute atomic E-state index is 1.12. The third-order valence-electron chi connectivity index (χ3n) is 1.39. The van der Waals surface area contributed by atoms with E-state index in [0.29, 0.717) is 0 Å². The van der Waals surface area contributed by atoms with Crippen molar-refractivity contribution in [2.75, 3.05) is 14.1 Å². The van der Waals surface area contributed by atoms with Gasteiger partial charge in [0, 0.05) is 19.8 Å². The highest BCUT2D eigenvalue weighted by Crippen LogP contribution is 2.07. The topological polar surface area (TPSA) is 3.24 Å². The van der Waals surface area contributed by atoms with Gasteiger partial charge in [-0.15, -0.1) is 0 Å². The molecule has 0 bridgehead atoms. The van der Waals surface area contributed by atoms with Crippen LogP contribution < -0.4 is 0 Å². The molecule has 0 amide bonds. The lowest BCUT2D eigenvalue weighted by Gasteiger charge is -2.15. The predicted molar refractivity (Wildman–Crippen MR) is 46.8 cm³/mol. The molecule has 0 heterocycles. The summed E-state index contributed by atoms with van der Waals surface area (Å²) in [6, 6.07) is 0. The summed E-state index contributed by atoms with van der Waals surface area (Å²) >= 11 is 0. The van der Waals surface area contributed by atoms with Gasteiger partial charge in [0.05, 0.1) is 0 Å². The first kappa shape index (κ1) is 9.02. The van der Waals surface area contributed by atoms with Crippen LogP contribution in [0.15, 0.2) is 36.6 Å². The Morgan fingerprint density at radius 3 is 1.80 bits per heavy atom. The maximum absolute atomic E-state index is 3.70. The van der Waals surface area contributed by atoms with Gasteiger partial charge in [-0.2, -0.15) is 0 Å². The molecule has 0 aliphatic heterocycles. The quantitative estimate of drug-likeness (QED) is 0.539. The fraction of sp³-hybridized carbons (Fsp3) is 0.333. The van der Waals surface area contributed by atoms with E-state index in [1.54, 1.807) is 0 Å². The van der Waals surface area contributed by atoms with E-state index in [-0.39, 0.29) is 0 Å². The second-order valence-corrected chi connectivity index (χ2v) is 2.37. The van der Waals surface area contributed by atoms with Gasteiger partial charge in [-0.3, -0.25) is 0 Å². The molecule has 1 nitrogen and oxygen atoms in total. The maximum atomic E-state index is 3.70. The number of nitrogens with zero attached hydrogens (tertiary/aromatic N) is 1. The Bertz CT molecular complexity index is 164. The summed E-state index contributed by atoms with van der Waals surface area (Å²) in [6.45, 7) is 9.40. The van der Waals surface area contributed by atoms with E-state index in [1.165, 1.54) is 0 Å². The SMILES string of the molecule is C=CC(C)=C(C=C)N(C)C. The second-order valence-electron chi connectivity index (χ2n) is 2.37. The lowest BCUT2D eigenvalue weighted by Crippen LogP contribution is -2.10. The van der Waals surface area contributed by atoms with Crippen LogP contribution in [0, 0.1) is 0 Å².